The Labute approximate surface area is 169 Å². The highest BCUT2D eigenvalue weighted by molar-refractivity contribution is 5.79. The van der Waals surface area contributed by atoms with E-state index in [9.17, 15) is 4.79 Å². The summed E-state index contributed by atoms with van der Waals surface area (Å²) in [4.78, 5) is 18.7. The predicted molar refractivity (Wildman–Crippen MR) is 106 cm³/mol. The lowest BCUT2D eigenvalue weighted by molar-refractivity contribution is -0.128. The summed E-state index contributed by atoms with van der Waals surface area (Å²) in [5, 5.41) is 4.07. The first-order chi connectivity index (χ1) is 14.1. The van der Waals surface area contributed by atoms with Gasteiger partial charge in [-0.15, -0.1) is 0 Å². The number of carbonyl (C=O) groups excluding carboxylic acids is 1. The van der Waals surface area contributed by atoms with Gasteiger partial charge in [-0.3, -0.25) is 4.79 Å². The maximum atomic E-state index is 12.5. The Morgan fingerprint density at radius 3 is 2.90 bits per heavy atom. The number of likely N-dealkylation sites (tertiary alicyclic amines) is 1. The van der Waals surface area contributed by atoms with Crippen LogP contribution in [-0.4, -0.2) is 34.6 Å². The lowest BCUT2D eigenvalue weighted by Crippen LogP contribution is -2.24. The first-order valence-electron chi connectivity index (χ1n) is 9.54. The predicted octanol–water partition coefficient (Wildman–Crippen LogP) is 3.48. The number of hydrogen-bond donors (Lipinski definition) is 0. The molecule has 1 aromatic heterocycles. The molecule has 2 aromatic carbocycles. The molecule has 1 amide bonds. The van der Waals surface area contributed by atoms with Crippen molar-refractivity contribution in [2.75, 3.05) is 13.7 Å². The molecule has 0 radical (unpaired) electrons. The van der Waals surface area contributed by atoms with E-state index in [2.05, 4.69) is 10.1 Å². The van der Waals surface area contributed by atoms with Crippen molar-refractivity contribution < 1.29 is 18.8 Å². The number of benzene rings is 2. The Hall–Kier alpha value is -3.35. The van der Waals surface area contributed by atoms with Crippen molar-refractivity contribution in [2.45, 2.75) is 32.4 Å². The second kappa shape index (κ2) is 8.34. The zero-order chi connectivity index (χ0) is 20.2. The third kappa shape index (κ3) is 4.39. The number of amides is 1. The van der Waals surface area contributed by atoms with Gasteiger partial charge in [0.05, 0.1) is 7.11 Å². The fraction of sp³-hybridized carbons (Fsp3) is 0.318. The average Bonchev–Trinajstić information content (AvgIpc) is 3.34. The lowest BCUT2D eigenvalue weighted by Gasteiger charge is -2.17. The molecule has 1 unspecified atom stereocenters. The van der Waals surface area contributed by atoms with Gasteiger partial charge in [0.25, 0.3) is 5.89 Å². The molecule has 7 nitrogen and oxygen atoms in total. The van der Waals surface area contributed by atoms with Crippen LogP contribution in [0.4, 0.5) is 0 Å². The topological polar surface area (TPSA) is 77.7 Å². The minimum Gasteiger partial charge on any atom is -0.496 e. The van der Waals surface area contributed by atoms with Gasteiger partial charge in [0, 0.05) is 31.0 Å². The Morgan fingerprint density at radius 1 is 1.21 bits per heavy atom. The molecule has 3 aromatic rings. The van der Waals surface area contributed by atoms with Crippen molar-refractivity contribution >= 4 is 5.91 Å². The van der Waals surface area contributed by atoms with E-state index in [1.165, 1.54) is 0 Å². The number of aryl methyl sites for hydroxylation is 1. The molecule has 0 aliphatic carbocycles. The summed E-state index contributed by atoms with van der Waals surface area (Å²) < 4.78 is 16.4. The van der Waals surface area contributed by atoms with Gasteiger partial charge in [0.1, 0.15) is 11.5 Å². The van der Waals surface area contributed by atoms with E-state index in [0.29, 0.717) is 31.2 Å². The highest BCUT2D eigenvalue weighted by Gasteiger charge is 2.34. The standard InChI is InChI=1S/C22H23N3O4/c1-15-6-5-8-18(10-15)28-14-20-23-22(24-29-20)17-11-21(26)25(13-17)12-16-7-3-4-9-19(16)27-2/h3-10,17H,11-14H2,1-2H3. The molecule has 0 saturated carbocycles. The molecule has 7 heteroatoms. The fourth-order valence-electron chi connectivity index (χ4n) is 3.48. The van der Waals surface area contributed by atoms with Crippen LogP contribution in [0, 0.1) is 6.92 Å². The zero-order valence-electron chi connectivity index (χ0n) is 16.5. The van der Waals surface area contributed by atoms with Gasteiger partial charge in [0.2, 0.25) is 5.91 Å². The van der Waals surface area contributed by atoms with Crippen molar-refractivity contribution in [2.24, 2.45) is 0 Å². The molecule has 1 atom stereocenters. The van der Waals surface area contributed by atoms with Gasteiger partial charge >= 0.3 is 0 Å². The van der Waals surface area contributed by atoms with Crippen molar-refractivity contribution in [3.8, 4) is 11.5 Å². The largest absolute Gasteiger partial charge is 0.496 e. The number of nitrogens with zero attached hydrogens (tertiary/aromatic N) is 3. The first-order valence-corrected chi connectivity index (χ1v) is 9.54. The Morgan fingerprint density at radius 2 is 2.07 bits per heavy atom. The number of aromatic nitrogens is 2. The zero-order valence-corrected chi connectivity index (χ0v) is 16.5. The normalized spacial score (nSPS) is 16.3. The van der Waals surface area contributed by atoms with Gasteiger partial charge in [0.15, 0.2) is 12.4 Å². The summed E-state index contributed by atoms with van der Waals surface area (Å²) in [5.41, 5.74) is 2.10. The van der Waals surface area contributed by atoms with Crippen LogP contribution in [0.15, 0.2) is 53.1 Å². The quantitative estimate of drug-likeness (QED) is 0.612. The van der Waals surface area contributed by atoms with E-state index in [1.807, 2.05) is 60.4 Å². The summed E-state index contributed by atoms with van der Waals surface area (Å²) in [6, 6.07) is 15.5. The molecule has 29 heavy (non-hydrogen) atoms. The molecule has 2 heterocycles. The minimum atomic E-state index is -0.0892. The van der Waals surface area contributed by atoms with E-state index < -0.39 is 0 Å². The van der Waals surface area contributed by atoms with E-state index in [4.69, 9.17) is 14.0 Å². The van der Waals surface area contributed by atoms with Crippen LogP contribution in [0.25, 0.3) is 0 Å². The van der Waals surface area contributed by atoms with Crippen molar-refractivity contribution in [1.29, 1.82) is 0 Å². The van der Waals surface area contributed by atoms with Crippen molar-refractivity contribution in [3.05, 3.63) is 71.4 Å². The molecule has 1 aliphatic rings. The van der Waals surface area contributed by atoms with Gasteiger partial charge in [-0.05, 0) is 30.7 Å². The molecular formula is C22H23N3O4. The summed E-state index contributed by atoms with van der Waals surface area (Å²) in [7, 11) is 1.63. The molecule has 4 rings (SSSR count). The van der Waals surface area contributed by atoms with E-state index in [1.54, 1.807) is 7.11 Å². The number of carbonyl (C=O) groups is 1. The van der Waals surface area contributed by atoms with Crippen LogP contribution in [0.5, 0.6) is 11.5 Å². The third-order valence-electron chi connectivity index (χ3n) is 4.97. The lowest BCUT2D eigenvalue weighted by atomic mass is 10.1. The fourth-order valence-corrected chi connectivity index (χ4v) is 3.48. The van der Waals surface area contributed by atoms with E-state index in [-0.39, 0.29) is 18.4 Å². The Bertz CT molecular complexity index is 1000. The molecule has 1 fully saturated rings. The summed E-state index contributed by atoms with van der Waals surface area (Å²) in [6.07, 6.45) is 0.368. The third-order valence-corrected chi connectivity index (χ3v) is 4.97. The van der Waals surface area contributed by atoms with Gasteiger partial charge < -0.3 is 18.9 Å². The van der Waals surface area contributed by atoms with Crippen LogP contribution in [-0.2, 0) is 17.9 Å². The number of para-hydroxylation sites is 1. The van der Waals surface area contributed by atoms with Crippen molar-refractivity contribution in [1.82, 2.24) is 15.0 Å². The van der Waals surface area contributed by atoms with Crippen LogP contribution < -0.4 is 9.47 Å². The minimum absolute atomic E-state index is 0.0725. The summed E-state index contributed by atoms with van der Waals surface area (Å²) in [5.74, 6) is 2.46. The second-order valence-electron chi connectivity index (χ2n) is 7.14. The first kappa shape index (κ1) is 19.0. The Kier molecular flexibility index (Phi) is 5.46. The maximum absolute atomic E-state index is 12.5. The average molecular weight is 393 g/mol. The maximum Gasteiger partial charge on any atom is 0.264 e. The molecule has 150 valence electrons. The number of hydrogen-bond acceptors (Lipinski definition) is 6. The monoisotopic (exact) mass is 393 g/mol. The highest BCUT2D eigenvalue weighted by Crippen LogP contribution is 2.29. The SMILES string of the molecule is COc1ccccc1CN1CC(c2noc(COc3cccc(C)c3)n2)CC1=O. The molecule has 0 bridgehead atoms. The van der Waals surface area contributed by atoms with E-state index >= 15 is 0 Å². The molecular weight excluding hydrogens is 370 g/mol. The number of methoxy groups -OCH3 is 1. The number of ether oxygens (including phenoxy) is 2. The van der Waals surface area contributed by atoms with Crippen LogP contribution in [0.2, 0.25) is 0 Å². The van der Waals surface area contributed by atoms with E-state index in [0.717, 1.165) is 22.6 Å². The number of rotatable bonds is 7. The Balaban J connectivity index is 1.38. The van der Waals surface area contributed by atoms with Gasteiger partial charge in [-0.1, -0.05) is 35.5 Å². The molecule has 1 aliphatic heterocycles. The van der Waals surface area contributed by atoms with Crippen LogP contribution in [0.3, 0.4) is 0 Å². The molecule has 0 N–H and O–H groups in total. The van der Waals surface area contributed by atoms with Crippen LogP contribution >= 0.6 is 0 Å². The summed E-state index contributed by atoms with van der Waals surface area (Å²) >= 11 is 0. The van der Waals surface area contributed by atoms with Crippen molar-refractivity contribution in [3.63, 3.8) is 0 Å². The smallest absolute Gasteiger partial charge is 0.264 e. The summed E-state index contributed by atoms with van der Waals surface area (Å²) in [6.45, 7) is 3.25. The van der Waals surface area contributed by atoms with Crippen LogP contribution in [0.1, 0.15) is 35.2 Å². The van der Waals surface area contributed by atoms with Gasteiger partial charge in [-0.25, -0.2) is 0 Å². The van der Waals surface area contributed by atoms with Gasteiger partial charge in [-0.2, -0.15) is 4.98 Å². The molecule has 0 spiro atoms. The highest BCUT2D eigenvalue weighted by atomic mass is 16.5. The second-order valence-corrected chi connectivity index (χ2v) is 7.14. The molecule has 1 saturated heterocycles.